The first kappa shape index (κ1) is 8.27. The zero-order valence-electron chi connectivity index (χ0n) is 5.92. The maximum Gasteiger partial charge on any atom is 0.130 e. The van der Waals surface area contributed by atoms with Gasteiger partial charge in [-0.05, 0) is 40.3 Å². The van der Waals surface area contributed by atoms with Crippen molar-refractivity contribution in [3.63, 3.8) is 0 Å². The molecule has 0 unspecified atom stereocenters. The molecule has 0 saturated carbocycles. The highest BCUT2D eigenvalue weighted by Gasteiger charge is 1.97. The number of hydrogen-bond donors (Lipinski definition) is 1. The summed E-state index contributed by atoms with van der Waals surface area (Å²) in [6.07, 6.45) is 0. The number of aliphatic imine (C=N–C) groups is 1. The lowest BCUT2D eigenvalue weighted by Crippen LogP contribution is -1.79. The number of nitrogens with zero attached hydrogens (tertiary/aromatic N) is 1. The number of halogens is 1. The molecule has 11 heavy (non-hydrogen) atoms. The minimum Gasteiger partial charge on any atom is -0.507 e. The fourth-order valence-electron chi connectivity index (χ4n) is 0.786. The van der Waals surface area contributed by atoms with Crippen LogP contribution in [0.15, 0.2) is 27.7 Å². The van der Waals surface area contributed by atoms with E-state index in [2.05, 4.69) is 27.6 Å². The van der Waals surface area contributed by atoms with Gasteiger partial charge in [-0.1, -0.05) is 6.07 Å². The minimum absolute atomic E-state index is 0.242. The van der Waals surface area contributed by atoms with Crippen LogP contribution in [-0.2, 0) is 6.54 Å². The topological polar surface area (TPSA) is 32.6 Å². The predicted octanol–water partition coefficient (Wildman–Crippen LogP) is 2.36. The van der Waals surface area contributed by atoms with Crippen LogP contribution in [0.4, 0.5) is 0 Å². The summed E-state index contributed by atoms with van der Waals surface area (Å²) < 4.78 is 0.699. The Morgan fingerprint density at radius 2 is 2.27 bits per heavy atom. The van der Waals surface area contributed by atoms with Crippen molar-refractivity contribution in [1.82, 2.24) is 0 Å². The highest BCUT2D eigenvalue weighted by Crippen LogP contribution is 2.24. The third-order valence-electron chi connectivity index (χ3n) is 1.30. The van der Waals surface area contributed by atoms with E-state index in [1.165, 1.54) is 0 Å². The average Bonchev–Trinajstić information content (AvgIpc) is 1.98. The molecule has 0 aliphatic rings. The van der Waals surface area contributed by atoms with Gasteiger partial charge in [0.05, 0.1) is 11.0 Å². The molecule has 1 N–H and O–H groups in total. The summed E-state index contributed by atoms with van der Waals surface area (Å²) in [6.45, 7) is 3.91. The van der Waals surface area contributed by atoms with Crippen LogP contribution in [0.3, 0.4) is 0 Å². The van der Waals surface area contributed by atoms with Gasteiger partial charge in [0.15, 0.2) is 0 Å². The molecule has 0 radical (unpaired) electrons. The van der Waals surface area contributed by atoms with Crippen molar-refractivity contribution in [1.29, 1.82) is 0 Å². The molecular weight excluding hydrogens is 206 g/mol. The molecule has 0 aromatic heterocycles. The Balaban J connectivity index is 2.95. The Morgan fingerprint density at radius 3 is 2.82 bits per heavy atom. The monoisotopic (exact) mass is 213 g/mol. The van der Waals surface area contributed by atoms with Crippen molar-refractivity contribution < 1.29 is 5.11 Å². The molecule has 0 aliphatic heterocycles. The van der Waals surface area contributed by atoms with Crippen LogP contribution in [0, 0.1) is 0 Å². The highest BCUT2D eigenvalue weighted by atomic mass is 79.9. The summed E-state index contributed by atoms with van der Waals surface area (Å²) in [7, 11) is 0. The second kappa shape index (κ2) is 3.53. The van der Waals surface area contributed by atoms with Crippen molar-refractivity contribution in [2.45, 2.75) is 6.54 Å². The lowest BCUT2D eigenvalue weighted by Gasteiger charge is -1.98. The Hall–Kier alpha value is -0.830. The van der Waals surface area contributed by atoms with Crippen LogP contribution in [0.25, 0.3) is 0 Å². The molecule has 0 fully saturated rings. The summed E-state index contributed by atoms with van der Waals surface area (Å²) in [5.41, 5.74) is 0.959. The summed E-state index contributed by atoms with van der Waals surface area (Å²) in [6, 6.07) is 5.34. The highest BCUT2D eigenvalue weighted by molar-refractivity contribution is 9.10. The van der Waals surface area contributed by atoms with Crippen molar-refractivity contribution in [2.75, 3.05) is 0 Å². The molecule has 0 saturated heterocycles. The standard InChI is InChI=1S/C8H8BrNO/c1-10-5-6-2-3-7(9)8(11)4-6/h2-4,11H,1,5H2. The number of phenols is 1. The summed E-state index contributed by atoms with van der Waals surface area (Å²) in [4.78, 5) is 3.70. The molecular formula is C8H8BrNO. The van der Waals surface area contributed by atoms with Gasteiger partial charge in [-0.2, -0.15) is 0 Å². The van der Waals surface area contributed by atoms with Gasteiger partial charge in [0.1, 0.15) is 5.75 Å². The second-order valence-corrected chi connectivity index (χ2v) is 3.02. The molecule has 0 heterocycles. The normalized spacial score (nSPS) is 9.55. The Bertz CT molecular complexity index is 273. The maximum absolute atomic E-state index is 9.22. The summed E-state index contributed by atoms with van der Waals surface area (Å²) in [5, 5.41) is 9.22. The van der Waals surface area contributed by atoms with Gasteiger partial charge < -0.3 is 5.11 Å². The van der Waals surface area contributed by atoms with Gasteiger partial charge in [0, 0.05) is 0 Å². The average molecular weight is 214 g/mol. The third-order valence-corrected chi connectivity index (χ3v) is 1.98. The molecule has 0 atom stereocenters. The molecule has 1 aromatic carbocycles. The van der Waals surface area contributed by atoms with Gasteiger partial charge in [0.25, 0.3) is 0 Å². The lowest BCUT2D eigenvalue weighted by molar-refractivity contribution is 0.471. The number of benzene rings is 1. The summed E-state index contributed by atoms with van der Waals surface area (Å²) >= 11 is 3.18. The zero-order valence-corrected chi connectivity index (χ0v) is 7.50. The predicted molar refractivity (Wildman–Crippen MR) is 49.1 cm³/mol. The first-order valence-electron chi connectivity index (χ1n) is 3.14. The molecule has 2 nitrogen and oxygen atoms in total. The van der Waals surface area contributed by atoms with Crippen LogP contribution in [0.2, 0.25) is 0 Å². The van der Waals surface area contributed by atoms with E-state index in [-0.39, 0.29) is 5.75 Å². The molecule has 0 bridgehead atoms. The van der Waals surface area contributed by atoms with E-state index < -0.39 is 0 Å². The van der Waals surface area contributed by atoms with Crippen molar-refractivity contribution in [3.8, 4) is 5.75 Å². The van der Waals surface area contributed by atoms with Crippen molar-refractivity contribution in [3.05, 3.63) is 28.2 Å². The SMILES string of the molecule is C=NCc1ccc(Br)c(O)c1. The molecule has 0 aliphatic carbocycles. The number of hydrogen-bond acceptors (Lipinski definition) is 2. The van der Waals surface area contributed by atoms with Gasteiger partial charge in [-0.15, -0.1) is 0 Å². The zero-order chi connectivity index (χ0) is 8.27. The fraction of sp³-hybridized carbons (Fsp3) is 0.125. The van der Waals surface area contributed by atoms with E-state index in [0.29, 0.717) is 11.0 Å². The smallest absolute Gasteiger partial charge is 0.130 e. The number of rotatable bonds is 2. The molecule has 1 rings (SSSR count). The van der Waals surface area contributed by atoms with E-state index in [9.17, 15) is 5.11 Å². The Kier molecular flexibility index (Phi) is 2.65. The Morgan fingerprint density at radius 1 is 1.55 bits per heavy atom. The van der Waals surface area contributed by atoms with Gasteiger partial charge in [-0.25, -0.2) is 0 Å². The fourth-order valence-corrected chi connectivity index (χ4v) is 1.03. The van der Waals surface area contributed by atoms with Crippen LogP contribution in [0.5, 0.6) is 5.75 Å². The quantitative estimate of drug-likeness (QED) is 0.753. The van der Waals surface area contributed by atoms with Crippen LogP contribution in [0.1, 0.15) is 5.56 Å². The van der Waals surface area contributed by atoms with Gasteiger partial charge >= 0.3 is 0 Å². The second-order valence-electron chi connectivity index (χ2n) is 2.17. The minimum atomic E-state index is 0.242. The third kappa shape index (κ3) is 2.05. The van der Waals surface area contributed by atoms with E-state index in [1.54, 1.807) is 12.1 Å². The van der Waals surface area contributed by atoms with Gasteiger partial charge in [-0.3, -0.25) is 4.99 Å². The maximum atomic E-state index is 9.22. The van der Waals surface area contributed by atoms with E-state index >= 15 is 0 Å². The van der Waals surface area contributed by atoms with Crippen molar-refractivity contribution in [2.24, 2.45) is 4.99 Å². The van der Waals surface area contributed by atoms with Crippen LogP contribution >= 0.6 is 15.9 Å². The Labute approximate surface area is 73.7 Å². The van der Waals surface area contributed by atoms with Crippen LogP contribution < -0.4 is 0 Å². The molecule has 0 spiro atoms. The lowest BCUT2D eigenvalue weighted by atomic mass is 10.2. The number of phenolic OH excluding ortho intramolecular Hbond substituents is 1. The largest absolute Gasteiger partial charge is 0.507 e. The van der Waals surface area contributed by atoms with Gasteiger partial charge in [0.2, 0.25) is 0 Å². The molecule has 1 aromatic rings. The van der Waals surface area contributed by atoms with E-state index in [4.69, 9.17) is 0 Å². The van der Waals surface area contributed by atoms with E-state index in [0.717, 1.165) is 5.56 Å². The first-order chi connectivity index (χ1) is 5.24. The summed E-state index contributed by atoms with van der Waals surface area (Å²) in [5.74, 6) is 0.242. The molecule has 3 heteroatoms. The van der Waals surface area contributed by atoms with Crippen molar-refractivity contribution >= 4 is 22.6 Å². The first-order valence-corrected chi connectivity index (χ1v) is 3.93. The molecule has 0 amide bonds. The number of aromatic hydroxyl groups is 1. The molecule has 58 valence electrons. The van der Waals surface area contributed by atoms with Crippen LogP contribution in [-0.4, -0.2) is 11.8 Å². The van der Waals surface area contributed by atoms with E-state index in [1.807, 2.05) is 6.07 Å².